The van der Waals surface area contributed by atoms with Crippen LogP contribution in [0.4, 0.5) is 0 Å². The Labute approximate surface area is 25.9 Å². The summed E-state index contributed by atoms with van der Waals surface area (Å²) in [7, 11) is 0. The molecule has 0 atom stereocenters. The molecule has 0 aliphatic carbocycles. The Balaban J connectivity index is 0. The van der Waals surface area contributed by atoms with Crippen molar-refractivity contribution in [1.29, 1.82) is 5.41 Å². The van der Waals surface area contributed by atoms with Crippen LogP contribution in [-0.4, -0.2) is 6.21 Å². The van der Waals surface area contributed by atoms with Gasteiger partial charge in [0.05, 0.1) is 0 Å². The molecule has 2 heteroatoms. The number of hydrogen-bond donors (Lipinski definition) is 2. The Kier molecular flexibility index (Phi) is 41.6. The van der Waals surface area contributed by atoms with E-state index in [0.29, 0.717) is 0 Å². The third-order valence-electron chi connectivity index (χ3n) is 0. The van der Waals surface area contributed by atoms with Gasteiger partial charge < -0.3 is 11.6 Å². The van der Waals surface area contributed by atoms with E-state index in [4.69, 9.17) is 5.41 Å². The average Bonchev–Trinajstić information content (AvgIpc) is 0.918. The molecule has 0 aromatic carbocycles. The van der Waals surface area contributed by atoms with E-state index in [9.17, 15) is 0 Å². The second-order valence-corrected chi connectivity index (χ2v) is 0.289. The number of nitrogens with one attached hydrogen (secondary N) is 1. The van der Waals surface area contributed by atoms with E-state index in [1.165, 1.54) is 6.21 Å². The smallest absolute Gasteiger partial charge is 0.00788 e. The van der Waals surface area contributed by atoms with Crippen molar-refractivity contribution >= 4 is 6.21 Å². The topological polar surface area (TPSA) is 58.9 Å². The molecule has 0 aromatic heterocycles. The maximum atomic E-state index is 6.08. The summed E-state index contributed by atoms with van der Waals surface area (Å²) < 4.78 is 0. The summed E-state index contributed by atoms with van der Waals surface area (Å²) in [6.45, 7) is 1.67. The molecule has 0 aromatic rings. The zero-order valence-corrected chi connectivity index (χ0v) is 2.78. The molecule has 0 bridgehead atoms. The zero-order valence-electron chi connectivity index (χ0n) is 2.78. The number of hydrogen-bond acceptors (Lipinski definition) is 2. The lowest BCUT2D eigenvalue weighted by Crippen LogP contribution is -1.32. The van der Waals surface area contributed by atoms with Crippen molar-refractivity contribution < 1.29 is 0 Å². The molecular weight excluding hydrogens is 52.0 g/mol. The van der Waals surface area contributed by atoms with Gasteiger partial charge in [0.1, 0.15) is 0 Å². The Morgan fingerprint density at radius 3 is 1.75 bits per heavy atom. The first-order valence-corrected chi connectivity index (χ1v) is 0.866. The van der Waals surface area contributed by atoms with Crippen LogP contribution in [0, 0.1) is 5.41 Å². The van der Waals surface area contributed by atoms with Crippen LogP contribution in [0.3, 0.4) is 0 Å². The Bertz CT molecular complexity index is 11.5. The minimum atomic E-state index is 0. The average molecular weight is 60.1 g/mol. The van der Waals surface area contributed by atoms with Gasteiger partial charge in [0.15, 0.2) is 0 Å². The third kappa shape index (κ3) is 4.73. The normalized spacial score (nSPS) is 3.25. The Hall–Kier alpha value is -0.370. The van der Waals surface area contributed by atoms with Gasteiger partial charge in [0.25, 0.3) is 0 Å². The SMILES string of the molecule is CC=N.N. The summed E-state index contributed by atoms with van der Waals surface area (Å²) in [6.07, 6.45) is 1.25. The van der Waals surface area contributed by atoms with E-state index in [1.807, 2.05) is 0 Å². The van der Waals surface area contributed by atoms with Gasteiger partial charge in [0, 0.05) is 0 Å². The molecule has 0 unspecified atom stereocenters. The molecule has 0 rings (SSSR count). The molecule has 2 nitrogen and oxygen atoms in total. The predicted molar refractivity (Wildman–Crippen MR) is 19.5 cm³/mol. The van der Waals surface area contributed by atoms with Crippen molar-refractivity contribution in [2.75, 3.05) is 0 Å². The van der Waals surface area contributed by atoms with Crippen molar-refractivity contribution in [3.8, 4) is 0 Å². The Morgan fingerprint density at radius 1 is 1.75 bits per heavy atom. The first kappa shape index (κ1) is 9.45. The standard InChI is InChI=1S/C2H5N.H3N/c1-2-3;/h2-3H,1H3;1H3. The highest BCUT2D eigenvalue weighted by Gasteiger charge is 1.17. The van der Waals surface area contributed by atoms with Crippen LogP contribution in [0.5, 0.6) is 0 Å². The molecule has 0 spiro atoms. The maximum absolute atomic E-state index is 6.08. The van der Waals surface area contributed by atoms with Crippen LogP contribution >= 0.6 is 0 Å². The maximum Gasteiger partial charge on any atom is -0.00788 e. The fourth-order valence-electron chi connectivity index (χ4n) is 0. The van der Waals surface area contributed by atoms with Gasteiger partial charge in [-0.15, -0.1) is 0 Å². The summed E-state index contributed by atoms with van der Waals surface area (Å²) in [4.78, 5) is 0. The highest BCUT2D eigenvalue weighted by atomic mass is 14.3. The molecule has 4 N–H and O–H groups in total. The van der Waals surface area contributed by atoms with Crippen molar-refractivity contribution in [1.82, 2.24) is 6.15 Å². The fourth-order valence-corrected chi connectivity index (χ4v) is 0. The van der Waals surface area contributed by atoms with Gasteiger partial charge in [0.2, 0.25) is 0 Å². The van der Waals surface area contributed by atoms with E-state index in [1.54, 1.807) is 6.92 Å². The predicted octanol–water partition coefficient (Wildman–Crippen LogP) is 0.818. The number of rotatable bonds is 0. The molecule has 0 radical (unpaired) electrons. The van der Waals surface area contributed by atoms with Gasteiger partial charge in [-0.1, -0.05) is 0 Å². The summed E-state index contributed by atoms with van der Waals surface area (Å²) >= 11 is 0. The van der Waals surface area contributed by atoms with Crippen molar-refractivity contribution in [2.24, 2.45) is 0 Å². The second kappa shape index (κ2) is 17.6. The molecule has 4 heavy (non-hydrogen) atoms. The molecular formula is C2H8N2. The molecule has 0 saturated heterocycles. The summed E-state index contributed by atoms with van der Waals surface area (Å²) in [5.41, 5.74) is 0. The van der Waals surface area contributed by atoms with Crippen LogP contribution in [-0.2, 0) is 0 Å². The highest BCUT2D eigenvalue weighted by molar-refractivity contribution is 5.48. The molecule has 0 heterocycles. The van der Waals surface area contributed by atoms with E-state index >= 15 is 0 Å². The molecule has 0 amide bonds. The fraction of sp³-hybridized carbons (Fsp3) is 0.500. The first-order valence-electron chi connectivity index (χ1n) is 0.866. The van der Waals surface area contributed by atoms with Crippen LogP contribution in [0.1, 0.15) is 6.92 Å². The monoisotopic (exact) mass is 60.1 g/mol. The molecule has 0 aliphatic heterocycles. The lowest BCUT2D eigenvalue weighted by atomic mass is 10.9. The largest absolute Gasteiger partial charge is 0.344 e. The van der Waals surface area contributed by atoms with Gasteiger partial charge >= 0.3 is 0 Å². The van der Waals surface area contributed by atoms with Crippen LogP contribution < -0.4 is 6.15 Å². The van der Waals surface area contributed by atoms with E-state index in [2.05, 4.69) is 0 Å². The molecule has 0 aliphatic rings. The van der Waals surface area contributed by atoms with E-state index < -0.39 is 0 Å². The van der Waals surface area contributed by atoms with E-state index in [0.717, 1.165) is 0 Å². The quantitative estimate of drug-likeness (QED) is 0.399. The van der Waals surface area contributed by atoms with Crippen molar-refractivity contribution in [3.63, 3.8) is 0 Å². The molecule has 0 fully saturated rings. The van der Waals surface area contributed by atoms with Gasteiger partial charge in [-0.3, -0.25) is 0 Å². The lowest BCUT2D eigenvalue weighted by molar-refractivity contribution is 1.55. The van der Waals surface area contributed by atoms with Crippen molar-refractivity contribution in [3.05, 3.63) is 0 Å². The lowest BCUT2D eigenvalue weighted by Gasteiger charge is -1.30. The van der Waals surface area contributed by atoms with Crippen LogP contribution in [0.15, 0.2) is 0 Å². The first-order chi connectivity index (χ1) is 1.41. The summed E-state index contributed by atoms with van der Waals surface area (Å²) in [6, 6.07) is 0. The zero-order chi connectivity index (χ0) is 2.71. The second-order valence-electron chi connectivity index (χ2n) is 0.289. The summed E-state index contributed by atoms with van der Waals surface area (Å²) in [5.74, 6) is 0. The Morgan fingerprint density at radius 2 is 1.75 bits per heavy atom. The highest BCUT2D eigenvalue weighted by Crippen LogP contribution is 1.16. The molecule has 26 valence electrons. The van der Waals surface area contributed by atoms with Gasteiger partial charge in [-0.25, -0.2) is 0 Å². The third-order valence-corrected chi connectivity index (χ3v) is 0. The molecule has 0 saturated carbocycles. The minimum Gasteiger partial charge on any atom is -0.344 e. The van der Waals surface area contributed by atoms with Gasteiger partial charge in [-0.05, 0) is 13.1 Å². The summed E-state index contributed by atoms with van der Waals surface area (Å²) in [5, 5.41) is 6.08. The van der Waals surface area contributed by atoms with E-state index in [-0.39, 0.29) is 6.15 Å². The van der Waals surface area contributed by atoms with Gasteiger partial charge in [-0.2, -0.15) is 0 Å². The van der Waals surface area contributed by atoms with Crippen LogP contribution in [0.25, 0.3) is 0 Å². The minimum absolute atomic E-state index is 0. The van der Waals surface area contributed by atoms with Crippen LogP contribution in [0.2, 0.25) is 0 Å². The van der Waals surface area contributed by atoms with Crippen molar-refractivity contribution in [2.45, 2.75) is 6.92 Å².